The van der Waals surface area contributed by atoms with Crippen LogP contribution in [0.15, 0.2) is 18.2 Å². The molecule has 2 N–H and O–H groups in total. The number of carbonyl (C=O) groups excluding carboxylic acids is 2. The van der Waals surface area contributed by atoms with Crippen LogP contribution in [-0.4, -0.2) is 40.0 Å². The molecule has 6 nitrogen and oxygen atoms in total. The Balaban J connectivity index is 1.20. The molecule has 5 rings (SSSR count). The molecular weight excluding hydrogens is 405 g/mol. The third kappa shape index (κ3) is 3.65. The van der Waals surface area contributed by atoms with Crippen LogP contribution in [0.2, 0.25) is 5.02 Å². The minimum atomic E-state index is -0.599. The first kappa shape index (κ1) is 19.3. The number of hydrogen-bond donors (Lipinski definition) is 2. The molecule has 4 fully saturated rings. The maximum Gasteiger partial charge on any atom is 0.258 e. The molecule has 4 aliphatic rings. The van der Waals surface area contributed by atoms with Gasteiger partial charge in [0, 0.05) is 17.1 Å². The Bertz CT molecular complexity index is 855. The van der Waals surface area contributed by atoms with E-state index in [9.17, 15) is 14.0 Å². The fourth-order valence-electron chi connectivity index (χ4n) is 4.37. The number of rotatable bonds is 6. The van der Waals surface area contributed by atoms with Crippen LogP contribution in [0.5, 0.6) is 5.75 Å². The highest BCUT2D eigenvalue weighted by Gasteiger charge is 2.69. The van der Waals surface area contributed by atoms with Crippen molar-refractivity contribution in [2.45, 2.75) is 53.7 Å². The smallest absolute Gasteiger partial charge is 0.258 e. The van der Waals surface area contributed by atoms with Gasteiger partial charge in [0.25, 0.3) is 5.91 Å². The van der Waals surface area contributed by atoms with Crippen LogP contribution in [0.3, 0.4) is 0 Å². The maximum absolute atomic E-state index is 13.4. The van der Waals surface area contributed by atoms with Gasteiger partial charge >= 0.3 is 0 Å². The molecule has 0 radical (unpaired) electrons. The number of thioether (sulfide) groups is 1. The molecule has 2 unspecified atom stereocenters. The summed E-state index contributed by atoms with van der Waals surface area (Å²) >= 11 is 7.04. The van der Waals surface area contributed by atoms with Gasteiger partial charge in [0.2, 0.25) is 5.91 Å². The molecule has 0 spiro atoms. The third-order valence-corrected chi connectivity index (χ3v) is 7.29. The first-order valence-electron chi connectivity index (χ1n) is 9.08. The standard InChI is InChI=1S/C19H19ClFN3O3S/c20-13-3-1-11(5-14(13)21)27-7-16(25)23-18-8-19(9-18,10-18)24-17(26)15-4-2-12(6-22)28-15/h1,3,5,12,15H,2,4,7-10H2,(H,23,25)(H,24,26). The summed E-state index contributed by atoms with van der Waals surface area (Å²) in [6.45, 7) is -0.212. The molecule has 28 heavy (non-hydrogen) atoms. The molecule has 3 saturated carbocycles. The molecule has 2 atom stereocenters. The molecular formula is C19H19ClFN3O3S. The van der Waals surface area contributed by atoms with Gasteiger partial charge in [0.15, 0.2) is 6.61 Å². The number of benzene rings is 1. The van der Waals surface area contributed by atoms with E-state index < -0.39 is 5.82 Å². The Labute approximate surface area is 171 Å². The number of nitrogens with zero attached hydrogens (tertiary/aromatic N) is 1. The van der Waals surface area contributed by atoms with Gasteiger partial charge in [-0.25, -0.2) is 4.39 Å². The highest BCUT2D eigenvalue weighted by atomic mass is 35.5. The molecule has 1 aromatic carbocycles. The van der Waals surface area contributed by atoms with E-state index >= 15 is 0 Å². The normalized spacial score (nSPS) is 32.5. The van der Waals surface area contributed by atoms with Crippen molar-refractivity contribution in [2.24, 2.45) is 0 Å². The van der Waals surface area contributed by atoms with Crippen molar-refractivity contribution in [3.05, 3.63) is 29.0 Å². The van der Waals surface area contributed by atoms with Crippen LogP contribution in [0.1, 0.15) is 32.1 Å². The second-order valence-corrected chi connectivity index (χ2v) is 9.63. The van der Waals surface area contributed by atoms with Gasteiger partial charge in [-0.15, -0.1) is 11.8 Å². The van der Waals surface area contributed by atoms with Crippen LogP contribution >= 0.6 is 23.4 Å². The molecule has 2 bridgehead atoms. The zero-order chi connectivity index (χ0) is 19.9. The van der Waals surface area contributed by atoms with Gasteiger partial charge in [0.05, 0.1) is 21.6 Å². The summed E-state index contributed by atoms with van der Waals surface area (Å²) in [6.07, 6.45) is 3.59. The SMILES string of the molecule is N#CC1CCC(C(=O)NC23CC(NC(=O)COc4ccc(Cl)c(F)c4)(C2)C3)S1. The van der Waals surface area contributed by atoms with E-state index in [1.165, 1.54) is 23.9 Å². The van der Waals surface area contributed by atoms with Crippen molar-refractivity contribution in [1.29, 1.82) is 5.26 Å². The van der Waals surface area contributed by atoms with Gasteiger partial charge in [0.1, 0.15) is 11.6 Å². The zero-order valence-corrected chi connectivity index (χ0v) is 16.5. The summed E-state index contributed by atoms with van der Waals surface area (Å²) in [5, 5.41) is 14.8. The minimum Gasteiger partial charge on any atom is -0.484 e. The average molecular weight is 424 g/mol. The van der Waals surface area contributed by atoms with Crippen LogP contribution in [-0.2, 0) is 9.59 Å². The van der Waals surface area contributed by atoms with E-state index in [-0.39, 0.29) is 50.8 Å². The second-order valence-electron chi connectivity index (χ2n) is 7.81. The van der Waals surface area contributed by atoms with Crippen LogP contribution < -0.4 is 15.4 Å². The van der Waals surface area contributed by atoms with E-state index in [0.717, 1.165) is 18.9 Å². The molecule has 148 valence electrons. The Hall–Kier alpha value is -1.98. The number of carbonyl (C=O) groups is 2. The molecule has 0 aromatic heterocycles. The Morgan fingerprint density at radius 3 is 2.64 bits per heavy atom. The van der Waals surface area contributed by atoms with Crippen LogP contribution in [0.4, 0.5) is 4.39 Å². The summed E-state index contributed by atoms with van der Waals surface area (Å²) in [5.74, 6) is -0.644. The third-order valence-electron chi connectivity index (χ3n) is 5.54. The monoisotopic (exact) mass is 423 g/mol. The Kier molecular flexibility index (Phi) is 4.92. The highest BCUT2D eigenvalue weighted by Crippen LogP contribution is 2.60. The lowest BCUT2D eigenvalue weighted by atomic mass is 9.44. The van der Waals surface area contributed by atoms with Crippen LogP contribution in [0.25, 0.3) is 0 Å². The lowest BCUT2D eigenvalue weighted by Gasteiger charge is -2.70. The fraction of sp³-hybridized carbons (Fsp3) is 0.526. The van der Waals surface area contributed by atoms with Crippen molar-refractivity contribution in [2.75, 3.05) is 6.61 Å². The maximum atomic E-state index is 13.4. The number of halogens is 2. The van der Waals surface area contributed by atoms with Gasteiger partial charge in [-0.2, -0.15) is 5.26 Å². The Morgan fingerprint density at radius 2 is 2.00 bits per heavy atom. The summed E-state index contributed by atoms with van der Waals surface area (Å²) in [7, 11) is 0. The number of nitriles is 1. The first-order valence-corrected chi connectivity index (χ1v) is 10.4. The lowest BCUT2D eigenvalue weighted by molar-refractivity contribution is -0.150. The fourth-order valence-corrected chi connectivity index (χ4v) is 5.67. The lowest BCUT2D eigenvalue weighted by Crippen LogP contribution is -2.84. The molecule has 1 heterocycles. The molecule has 9 heteroatoms. The predicted molar refractivity (Wildman–Crippen MR) is 103 cm³/mol. The topological polar surface area (TPSA) is 91.2 Å². The van der Waals surface area contributed by atoms with Gasteiger partial charge in [-0.1, -0.05) is 11.6 Å². The summed E-state index contributed by atoms with van der Waals surface area (Å²) in [4.78, 5) is 24.5. The van der Waals surface area contributed by atoms with E-state index in [1.807, 2.05) is 0 Å². The molecule has 1 aliphatic heterocycles. The van der Waals surface area contributed by atoms with Gasteiger partial charge < -0.3 is 15.4 Å². The minimum absolute atomic E-state index is 0.00263. The predicted octanol–water partition coefficient (Wildman–Crippen LogP) is 2.55. The van der Waals surface area contributed by atoms with Crippen LogP contribution in [0, 0.1) is 17.1 Å². The van der Waals surface area contributed by atoms with E-state index in [1.54, 1.807) is 0 Å². The summed E-state index contributed by atoms with van der Waals surface area (Å²) < 4.78 is 18.7. The zero-order valence-electron chi connectivity index (χ0n) is 15.0. The molecule has 2 amide bonds. The van der Waals surface area contributed by atoms with Crippen molar-refractivity contribution >= 4 is 35.2 Å². The number of nitrogens with one attached hydrogen (secondary N) is 2. The number of amides is 2. The van der Waals surface area contributed by atoms with Gasteiger partial charge in [-0.05, 0) is 44.2 Å². The van der Waals surface area contributed by atoms with E-state index in [4.69, 9.17) is 21.6 Å². The van der Waals surface area contributed by atoms with E-state index in [2.05, 4.69) is 16.7 Å². The van der Waals surface area contributed by atoms with Crippen molar-refractivity contribution in [1.82, 2.24) is 10.6 Å². The summed E-state index contributed by atoms with van der Waals surface area (Å²) in [5.41, 5.74) is -0.507. The summed E-state index contributed by atoms with van der Waals surface area (Å²) in [6, 6.07) is 6.22. The van der Waals surface area contributed by atoms with Crippen molar-refractivity contribution in [3.8, 4) is 11.8 Å². The molecule has 1 aromatic rings. The van der Waals surface area contributed by atoms with Crippen molar-refractivity contribution < 1.29 is 18.7 Å². The highest BCUT2D eigenvalue weighted by molar-refractivity contribution is 8.01. The quantitative estimate of drug-likeness (QED) is 0.733. The van der Waals surface area contributed by atoms with Gasteiger partial charge in [-0.3, -0.25) is 9.59 Å². The first-order chi connectivity index (χ1) is 13.3. The Morgan fingerprint density at radius 1 is 1.29 bits per heavy atom. The number of hydrogen-bond acceptors (Lipinski definition) is 5. The van der Waals surface area contributed by atoms with Crippen molar-refractivity contribution in [3.63, 3.8) is 0 Å². The molecule has 3 aliphatic carbocycles. The van der Waals surface area contributed by atoms with E-state index in [0.29, 0.717) is 19.3 Å². The second kappa shape index (κ2) is 7.12. The molecule has 1 saturated heterocycles. The average Bonchev–Trinajstić information content (AvgIpc) is 3.09. The largest absolute Gasteiger partial charge is 0.484 e. The number of ether oxygens (including phenoxy) is 1.